The van der Waals surface area contributed by atoms with Gasteiger partial charge in [0.25, 0.3) is 5.91 Å². The van der Waals surface area contributed by atoms with Crippen molar-refractivity contribution in [2.75, 3.05) is 7.11 Å². The molecule has 0 bridgehead atoms. The van der Waals surface area contributed by atoms with Gasteiger partial charge in [-0.1, -0.05) is 29.3 Å². The lowest BCUT2D eigenvalue weighted by Crippen LogP contribution is -2.27. The van der Waals surface area contributed by atoms with Crippen LogP contribution in [0.4, 0.5) is 0 Å². The van der Waals surface area contributed by atoms with E-state index in [9.17, 15) is 13.2 Å². The summed E-state index contributed by atoms with van der Waals surface area (Å²) in [6.07, 6.45) is 0. The monoisotopic (exact) mass is 382 g/mol. The molecule has 0 fully saturated rings. The summed E-state index contributed by atoms with van der Waals surface area (Å²) in [5, 5.41) is 7.89. The van der Waals surface area contributed by atoms with Crippen molar-refractivity contribution in [3.8, 4) is 5.75 Å². The first-order chi connectivity index (χ1) is 11.6. The van der Waals surface area contributed by atoms with Gasteiger partial charge < -0.3 is 10.1 Å². The molecule has 6 nitrogen and oxygen atoms in total. The molecule has 3 N–H and O–H groups in total. The Morgan fingerprint density at radius 2 is 1.92 bits per heavy atom. The molecular formula is C17H19ClN2O4S. The second kappa shape index (κ2) is 7.43. The highest BCUT2D eigenvalue weighted by Crippen LogP contribution is 2.27. The van der Waals surface area contributed by atoms with Crippen LogP contribution in [0.25, 0.3) is 0 Å². The first-order valence-electron chi connectivity index (χ1n) is 7.41. The molecule has 0 saturated carbocycles. The fraction of sp³-hybridized carbons (Fsp3) is 0.235. The lowest BCUT2D eigenvalue weighted by atomic mass is 10.0. The normalized spacial score (nSPS) is 12.5. The highest BCUT2D eigenvalue weighted by molar-refractivity contribution is 7.89. The van der Waals surface area contributed by atoms with Crippen molar-refractivity contribution in [3.63, 3.8) is 0 Å². The van der Waals surface area contributed by atoms with E-state index in [1.54, 1.807) is 7.11 Å². The van der Waals surface area contributed by atoms with Crippen molar-refractivity contribution in [1.82, 2.24) is 5.32 Å². The highest BCUT2D eigenvalue weighted by atomic mass is 35.5. The maximum atomic E-state index is 12.5. The second-order valence-corrected chi connectivity index (χ2v) is 7.57. The maximum absolute atomic E-state index is 12.5. The maximum Gasteiger partial charge on any atom is 0.251 e. The van der Waals surface area contributed by atoms with Crippen LogP contribution in [0.1, 0.15) is 34.5 Å². The molecule has 1 atom stereocenters. The van der Waals surface area contributed by atoms with E-state index in [0.717, 1.165) is 17.2 Å². The number of sulfonamides is 1. The number of carbonyl (C=O) groups is 1. The predicted octanol–water partition coefficient (Wildman–Crippen LogP) is 2.80. The number of primary sulfonamides is 1. The molecule has 25 heavy (non-hydrogen) atoms. The summed E-state index contributed by atoms with van der Waals surface area (Å²) in [5.74, 6) is 0.206. The van der Waals surface area contributed by atoms with E-state index in [4.69, 9.17) is 21.5 Å². The smallest absolute Gasteiger partial charge is 0.251 e. The standard InChI is InChI=1S/C17H19ClN2O4S/c1-10-4-7-15(24-3)13(8-10)11(2)20-17(21)12-5-6-14(18)16(9-12)25(19,22)23/h4-9,11H,1-3H3,(H,20,21)(H2,19,22,23)/t11-/m1/s1. The number of benzene rings is 2. The molecule has 0 spiro atoms. The number of methoxy groups -OCH3 is 1. The lowest BCUT2D eigenvalue weighted by molar-refractivity contribution is 0.0939. The SMILES string of the molecule is COc1ccc(C)cc1[C@@H](C)NC(=O)c1ccc(Cl)c(S(N)(=O)=O)c1. The van der Waals surface area contributed by atoms with E-state index in [-0.39, 0.29) is 21.5 Å². The number of carbonyl (C=O) groups excluding carboxylic acids is 1. The molecule has 2 aromatic carbocycles. The fourth-order valence-corrected chi connectivity index (χ4v) is 3.48. The zero-order valence-electron chi connectivity index (χ0n) is 14.0. The minimum absolute atomic E-state index is 0.0348. The van der Waals surface area contributed by atoms with Gasteiger partial charge in [-0.3, -0.25) is 4.79 Å². The third-order valence-electron chi connectivity index (χ3n) is 3.70. The van der Waals surface area contributed by atoms with E-state index in [0.29, 0.717) is 5.75 Å². The molecule has 0 aromatic heterocycles. The Labute approximate surface area is 152 Å². The van der Waals surface area contributed by atoms with Crippen LogP contribution < -0.4 is 15.2 Å². The van der Waals surface area contributed by atoms with Gasteiger partial charge in [0.15, 0.2) is 0 Å². The van der Waals surface area contributed by atoms with Gasteiger partial charge in [-0.25, -0.2) is 13.6 Å². The van der Waals surface area contributed by atoms with Crippen LogP contribution in [0.15, 0.2) is 41.3 Å². The number of ether oxygens (including phenoxy) is 1. The average Bonchev–Trinajstić information content (AvgIpc) is 2.53. The van der Waals surface area contributed by atoms with Crippen LogP contribution in [-0.2, 0) is 10.0 Å². The molecule has 134 valence electrons. The van der Waals surface area contributed by atoms with Gasteiger partial charge in [0, 0.05) is 11.1 Å². The highest BCUT2D eigenvalue weighted by Gasteiger charge is 2.19. The molecule has 0 saturated heterocycles. The molecule has 0 aliphatic rings. The first-order valence-corrected chi connectivity index (χ1v) is 9.33. The third kappa shape index (κ3) is 4.50. The largest absolute Gasteiger partial charge is 0.496 e. The molecule has 0 aliphatic carbocycles. The summed E-state index contributed by atoms with van der Waals surface area (Å²) in [5.41, 5.74) is 1.99. The number of hydrogen-bond acceptors (Lipinski definition) is 4. The Bertz CT molecular complexity index is 913. The molecule has 0 aliphatic heterocycles. The number of amides is 1. The van der Waals surface area contributed by atoms with Crippen LogP contribution in [0.2, 0.25) is 5.02 Å². The Morgan fingerprint density at radius 3 is 2.52 bits per heavy atom. The predicted molar refractivity (Wildman–Crippen MR) is 96.4 cm³/mol. The Balaban J connectivity index is 2.30. The van der Waals surface area contributed by atoms with Gasteiger partial charge in [-0.15, -0.1) is 0 Å². The molecule has 8 heteroatoms. The first kappa shape index (κ1) is 19.2. The Hall–Kier alpha value is -2.09. The minimum atomic E-state index is -4.02. The van der Waals surface area contributed by atoms with Gasteiger partial charge in [-0.2, -0.15) is 0 Å². The molecule has 0 heterocycles. The van der Waals surface area contributed by atoms with Crippen molar-refractivity contribution >= 4 is 27.5 Å². The molecule has 2 aromatic rings. The van der Waals surface area contributed by atoms with Gasteiger partial charge in [-0.05, 0) is 38.1 Å². The summed E-state index contributed by atoms with van der Waals surface area (Å²) < 4.78 is 28.4. The quantitative estimate of drug-likeness (QED) is 0.830. The van der Waals surface area contributed by atoms with Crippen molar-refractivity contribution in [2.24, 2.45) is 5.14 Å². The van der Waals surface area contributed by atoms with Crippen LogP contribution in [0.3, 0.4) is 0 Å². The summed E-state index contributed by atoms with van der Waals surface area (Å²) in [7, 11) is -2.46. The van der Waals surface area contributed by atoms with E-state index in [1.165, 1.54) is 12.1 Å². The molecule has 1 amide bonds. The van der Waals surface area contributed by atoms with E-state index in [1.807, 2.05) is 32.0 Å². The zero-order valence-corrected chi connectivity index (χ0v) is 15.6. The van der Waals surface area contributed by atoms with Crippen molar-refractivity contribution in [2.45, 2.75) is 24.8 Å². The van der Waals surface area contributed by atoms with Crippen molar-refractivity contribution in [1.29, 1.82) is 0 Å². The van der Waals surface area contributed by atoms with E-state index >= 15 is 0 Å². The number of nitrogens with one attached hydrogen (secondary N) is 1. The van der Waals surface area contributed by atoms with Crippen LogP contribution in [0.5, 0.6) is 5.75 Å². The summed E-state index contributed by atoms with van der Waals surface area (Å²) in [6, 6.07) is 9.23. The molecule has 0 unspecified atom stereocenters. The van der Waals surface area contributed by atoms with Gasteiger partial charge in [0.05, 0.1) is 18.2 Å². The zero-order chi connectivity index (χ0) is 18.8. The Morgan fingerprint density at radius 1 is 1.24 bits per heavy atom. The summed E-state index contributed by atoms with van der Waals surface area (Å²) >= 11 is 5.84. The Kier molecular flexibility index (Phi) is 5.72. The van der Waals surface area contributed by atoms with E-state index in [2.05, 4.69) is 5.32 Å². The second-order valence-electron chi connectivity index (χ2n) is 5.63. The summed E-state index contributed by atoms with van der Waals surface area (Å²) in [6.45, 7) is 3.75. The number of rotatable bonds is 5. The topological polar surface area (TPSA) is 98.5 Å². The van der Waals surface area contributed by atoms with E-state index < -0.39 is 15.9 Å². The minimum Gasteiger partial charge on any atom is -0.496 e. The lowest BCUT2D eigenvalue weighted by Gasteiger charge is -2.18. The number of aryl methyl sites for hydroxylation is 1. The van der Waals surface area contributed by atoms with Crippen LogP contribution >= 0.6 is 11.6 Å². The molecule has 2 rings (SSSR count). The van der Waals surface area contributed by atoms with Crippen molar-refractivity contribution in [3.05, 3.63) is 58.1 Å². The van der Waals surface area contributed by atoms with Gasteiger partial charge in [0.2, 0.25) is 10.0 Å². The van der Waals surface area contributed by atoms with Gasteiger partial charge in [0.1, 0.15) is 10.6 Å². The summed E-state index contributed by atoms with van der Waals surface area (Å²) in [4.78, 5) is 12.2. The third-order valence-corrected chi connectivity index (χ3v) is 5.09. The number of nitrogens with two attached hydrogens (primary N) is 1. The number of hydrogen-bond donors (Lipinski definition) is 2. The van der Waals surface area contributed by atoms with Crippen LogP contribution in [-0.4, -0.2) is 21.4 Å². The fourth-order valence-electron chi connectivity index (χ4n) is 2.41. The number of halogens is 1. The van der Waals surface area contributed by atoms with Gasteiger partial charge >= 0.3 is 0 Å². The molecule has 0 radical (unpaired) electrons. The van der Waals surface area contributed by atoms with Crippen LogP contribution in [0, 0.1) is 6.92 Å². The molecular weight excluding hydrogens is 364 g/mol. The average molecular weight is 383 g/mol. The van der Waals surface area contributed by atoms with Crippen molar-refractivity contribution < 1.29 is 17.9 Å².